The van der Waals surface area contributed by atoms with Crippen LogP contribution in [0.3, 0.4) is 0 Å². The highest BCUT2D eigenvalue weighted by Crippen LogP contribution is 2.33. The first-order chi connectivity index (χ1) is 17.0. The first-order valence-corrected chi connectivity index (χ1v) is 13.3. The lowest BCUT2D eigenvalue weighted by Crippen LogP contribution is -2.50. The Bertz CT molecular complexity index is 1300. The van der Waals surface area contributed by atoms with Gasteiger partial charge < -0.3 is 14.4 Å². The molecule has 7 nitrogen and oxygen atoms in total. The van der Waals surface area contributed by atoms with Gasteiger partial charge in [0, 0.05) is 44.2 Å². The molecular weight excluding hydrogens is 464 g/mol. The van der Waals surface area contributed by atoms with Crippen molar-refractivity contribution in [1.29, 1.82) is 0 Å². The number of piperazine rings is 1. The minimum Gasteiger partial charge on any atom is -0.490 e. The summed E-state index contributed by atoms with van der Waals surface area (Å²) in [5.41, 5.74) is 2.76. The van der Waals surface area contributed by atoms with Crippen LogP contribution in [0.1, 0.15) is 27.9 Å². The van der Waals surface area contributed by atoms with Gasteiger partial charge in [-0.25, -0.2) is 8.42 Å². The maximum atomic E-state index is 13.4. The van der Waals surface area contributed by atoms with E-state index in [1.165, 1.54) is 10.4 Å². The van der Waals surface area contributed by atoms with Crippen LogP contribution in [0.4, 0.5) is 0 Å². The molecule has 8 heteroatoms. The molecule has 2 aliphatic rings. The van der Waals surface area contributed by atoms with Gasteiger partial charge in [-0.15, -0.1) is 0 Å². The van der Waals surface area contributed by atoms with Crippen molar-refractivity contribution in [3.63, 3.8) is 0 Å². The normalized spacial score (nSPS) is 16.5. The highest BCUT2D eigenvalue weighted by molar-refractivity contribution is 7.89. The lowest BCUT2D eigenvalue weighted by molar-refractivity contribution is 0.0697. The summed E-state index contributed by atoms with van der Waals surface area (Å²) in [7, 11) is -3.71. The molecule has 0 N–H and O–H groups in total. The van der Waals surface area contributed by atoms with Crippen LogP contribution in [-0.2, 0) is 16.4 Å². The summed E-state index contributed by atoms with van der Waals surface area (Å²) in [4.78, 5) is 15.3. The number of hydrogen-bond donors (Lipinski definition) is 0. The van der Waals surface area contributed by atoms with Crippen LogP contribution in [0.15, 0.2) is 77.7 Å². The predicted molar refractivity (Wildman–Crippen MR) is 132 cm³/mol. The van der Waals surface area contributed by atoms with Crippen molar-refractivity contribution >= 4 is 15.9 Å². The molecule has 0 unspecified atom stereocenters. The maximum absolute atomic E-state index is 13.4. The molecule has 0 spiro atoms. The molecule has 2 heterocycles. The zero-order valence-electron chi connectivity index (χ0n) is 19.4. The van der Waals surface area contributed by atoms with E-state index in [2.05, 4.69) is 0 Å². The molecule has 5 rings (SSSR count). The fourth-order valence-corrected chi connectivity index (χ4v) is 5.89. The molecule has 1 saturated heterocycles. The Hall–Kier alpha value is -3.36. The van der Waals surface area contributed by atoms with Gasteiger partial charge in [0.15, 0.2) is 11.5 Å². The Kier molecular flexibility index (Phi) is 6.74. The first-order valence-electron chi connectivity index (χ1n) is 11.8. The van der Waals surface area contributed by atoms with Gasteiger partial charge in [-0.1, -0.05) is 48.5 Å². The molecule has 1 fully saturated rings. The summed E-state index contributed by atoms with van der Waals surface area (Å²) in [5.74, 6) is 0.947. The minimum atomic E-state index is -3.71. The average Bonchev–Trinajstić information content (AvgIpc) is 3.14. The topological polar surface area (TPSA) is 76.2 Å². The largest absolute Gasteiger partial charge is 0.490 e. The molecule has 182 valence electrons. The number of benzene rings is 3. The van der Waals surface area contributed by atoms with Gasteiger partial charge in [0.1, 0.15) is 0 Å². The highest BCUT2D eigenvalue weighted by atomic mass is 32.2. The number of nitrogens with zero attached hydrogens (tertiary/aromatic N) is 2. The second-order valence-corrected chi connectivity index (χ2v) is 10.6. The molecule has 0 atom stereocenters. The van der Waals surface area contributed by atoms with Crippen LogP contribution in [-0.4, -0.2) is 62.9 Å². The molecule has 3 aromatic carbocycles. The van der Waals surface area contributed by atoms with Crippen molar-refractivity contribution in [3.05, 3.63) is 89.5 Å². The smallest absolute Gasteiger partial charge is 0.254 e. The number of carbonyl (C=O) groups excluding carboxylic acids is 1. The second kappa shape index (κ2) is 10.1. The standard InChI is InChI=1S/C27H28N2O5S/c30-27(24-10-5-4-9-22(24)19-21-7-2-1-3-8-21)28-13-15-29(16-14-28)35(31,32)23-11-12-25-26(20-23)34-18-6-17-33-25/h1-5,7-12,20H,6,13-19H2. The molecule has 3 aromatic rings. The molecule has 0 saturated carbocycles. The van der Waals surface area contributed by atoms with Gasteiger partial charge in [-0.3, -0.25) is 4.79 Å². The van der Waals surface area contributed by atoms with Crippen LogP contribution < -0.4 is 9.47 Å². The SMILES string of the molecule is O=C(c1ccccc1Cc1ccccc1)N1CCN(S(=O)(=O)c2ccc3c(c2)OCCCO3)CC1. The van der Waals surface area contributed by atoms with Crippen molar-refractivity contribution in [2.45, 2.75) is 17.7 Å². The van der Waals surface area contributed by atoms with E-state index >= 15 is 0 Å². The fraction of sp³-hybridized carbons (Fsp3) is 0.296. The second-order valence-electron chi connectivity index (χ2n) is 8.67. The summed E-state index contributed by atoms with van der Waals surface area (Å²) in [6, 6.07) is 22.4. The molecule has 35 heavy (non-hydrogen) atoms. The summed E-state index contributed by atoms with van der Waals surface area (Å²) in [5, 5.41) is 0. The molecule has 1 amide bonds. The summed E-state index contributed by atoms with van der Waals surface area (Å²) in [6.07, 6.45) is 1.42. The first kappa shape index (κ1) is 23.4. The molecule has 0 bridgehead atoms. The molecule has 0 radical (unpaired) electrons. The van der Waals surface area contributed by atoms with Crippen LogP contribution in [0, 0.1) is 0 Å². The van der Waals surface area contributed by atoms with Gasteiger partial charge in [0.2, 0.25) is 10.0 Å². The number of sulfonamides is 1. The third-order valence-corrected chi connectivity index (χ3v) is 8.26. The number of fused-ring (bicyclic) bond motifs is 1. The van der Waals surface area contributed by atoms with E-state index in [0.29, 0.717) is 49.8 Å². The summed E-state index contributed by atoms with van der Waals surface area (Å²) in [6.45, 7) is 2.18. The molecule has 0 aliphatic carbocycles. The number of rotatable bonds is 5. The van der Waals surface area contributed by atoms with Crippen molar-refractivity contribution < 1.29 is 22.7 Å². The third kappa shape index (κ3) is 5.04. The van der Waals surface area contributed by atoms with Crippen LogP contribution >= 0.6 is 0 Å². The average molecular weight is 493 g/mol. The van der Waals surface area contributed by atoms with E-state index in [9.17, 15) is 13.2 Å². The van der Waals surface area contributed by atoms with Crippen molar-refractivity contribution in [3.8, 4) is 11.5 Å². The number of ether oxygens (including phenoxy) is 2. The van der Waals surface area contributed by atoms with Crippen molar-refractivity contribution in [2.75, 3.05) is 39.4 Å². The van der Waals surface area contributed by atoms with E-state index in [0.717, 1.165) is 17.5 Å². The number of hydrogen-bond acceptors (Lipinski definition) is 5. The molecule has 2 aliphatic heterocycles. The zero-order chi connectivity index (χ0) is 24.3. The van der Waals surface area contributed by atoms with E-state index < -0.39 is 10.0 Å². The van der Waals surface area contributed by atoms with E-state index in [-0.39, 0.29) is 23.9 Å². The Balaban J connectivity index is 1.28. The van der Waals surface area contributed by atoms with Gasteiger partial charge in [-0.2, -0.15) is 4.31 Å². The van der Waals surface area contributed by atoms with Crippen LogP contribution in [0.2, 0.25) is 0 Å². The maximum Gasteiger partial charge on any atom is 0.254 e. The Morgan fingerprint density at radius 3 is 2.26 bits per heavy atom. The Morgan fingerprint density at radius 2 is 1.49 bits per heavy atom. The van der Waals surface area contributed by atoms with Crippen LogP contribution in [0.5, 0.6) is 11.5 Å². The fourth-order valence-electron chi connectivity index (χ4n) is 4.45. The van der Waals surface area contributed by atoms with E-state index in [4.69, 9.17) is 9.47 Å². The van der Waals surface area contributed by atoms with Gasteiger partial charge >= 0.3 is 0 Å². The minimum absolute atomic E-state index is 0.0656. The van der Waals surface area contributed by atoms with Gasteiger partial charge in [0.25, 0.3) is 5.91 Å². The van der Waals surface area contributed by atoms with Crippen LogP contribution in [0.25, 0.3) is 0 Å². The molecule has 0 aromatic heterocycles. The zero-order valence-corrected chi connectivity index (χ0v) is 20.2. The lowest BCUT2D eigenvalue weighted by Gasteiger charge is -2.34. The monoisotopic (exact) mass is 492 g/mol. The highest BCUT2D eigenvalue weighted by Gasteiger charge is 2.31. The Morgan fingerprint density at radius 1 is 0.800 bits per heavy atom. The van der Waals surface area contributed by atoms with Gasteiger partial charge in [-0.05, 0) is 35.7 Å². The van der Waals surface area contributed by atoms with E-state index in [1.807, 2.05) is 54.6 Å². The third-order valence-electron chi connectivity index (χ3n) is 6.37. The number of amides is 1. The Labute approximate surface area is 205 Å². The quantitative estimate of drug-likeness (QED) is 0.544. The van der Waals surface area contributed by atoms with Gasteiger partial charge in [0.05, 0.1) is 18.1 Å². The van der Waals surface area contributed by atoms with Crippen molar-refractivity contribution in [2.24, 2.45) is 0 Å². The molecular formula is C27H28N2O5S. The summed E-state index contributed by atoms with van der Waals surface area (Å²) >= 11 is 0. The summed E-state index contributed by atoms with van der Waals surface area (Å²) < 4.78 is 39.3. The van der Waals surface area contributed by atoms with Crippen molar-refractivity contribution in [1.82, 2.24) is 9.21 Å². The number of carbonyl (C=O) groups is 1. The predicted octanol–water partition coefficient (Wildman–Crippen LogP) is 3.59. The lowest BCUT2D eigenvalue weighted by atomic mass is 9.99. The van der Waals surface area contributed by atoms with E-state index in [1.54, 1.807) is 17.0 Å².